The minimum Gasteiger partial charge on any atom is -0.508 e. The van der Waals surface area contributed by atoms with Gasteiger partial charge in [-0.2, -0.15) is 0 Å². The summed E-state index contributed by atoms with van der Waals surface area (Å²) >= 11 is 0. The van der Waals surface area contributed by atoms with E-state index in [1.165, 1.54) is 0 Å². The van der Waals surface area contributed by atoms with Gasteiger partial charge in [0.15, 0.2) is 0 Å². The average Bonchev–Trinajstić information content (AvgIpc) is 2.65. The number of rotatable bonds is 3. The van der Waals surface area contributed by atoms with E-state index in [4.69, 9.17) is 15.6 Å². The fourth-order valence-corrected chi connectivity index (χ4v) is 1.66. The largest absolute Gasteiger partial charge is 0.508 e. The molecule has 1 aromatic rings. The van der Waals surface area contributed by atoms with Crippen LogP contribution in [0.4, 0.5) is 4.79 Å². The van der Waals surface area contributed by atoms with Gasteiger partial charge in [0.2, 0.25) is 0 Å². The van der Waals surface area contributed by atoms with Crippen LogP contribution in [0.2, 0.25) is 0 Å². The van der Waals surface area contributed by atoms with Gasteiger partial charge in [-0.25, -0.2) is 4.79 Å². The third-order valence-electron chi connectivity index (χ3n) is 2.58. The molecule has 2 rings (SSSR count). The minimum atomic E-state index is -0.311. The monoisotopic (exact) mass is 222 g/mol. The number of phenolic OH excluding ortho intramolecular Hbond substituents is 1. The van der Waals surface area contributed by atoms with Crippen LogP contribution in [0.3, 0.4) is 0 Å². The van der Waals surface area contributed by atoms with E-state index < -0.39 is 0 Å². The Balaban J connectivity index is 1.99. The van der Waals surface area contributed by atoms with Crippen LogP contribution in [-0.2, 0) is 4.74 Å². The van der Waals surface area contributed by atoms with Crippen molar-refractivity contribution in [3.8, 4) is 5.75 Å². The Morgan fingerprint density at radius 3 is 2.69 bits per heavy atom. The molecular formula is C11H14N2O3. The quantitative estimate of drug-likeness (QED) is 0.794. The normalized spacial score (nSPS) is 17.3. The SMILES string of the molecule is NC(CN1CCOC1=O)c1ccc(O)cc1. The standard InChI is InChI=1S/C11H14N2O3/c12-10(7-13-5-6-16-11(13)15)8-1-3-9(14)4-2-8/h1-4,10,14H,5-7,12H2. The van der Waals surface area contributed by atoms with Gasteiger partial charge in [-0.05, 0) is 17.7 Å². The lowest BCUT2D eigenvalue weighted by atomic mass is 10.1. The summed E-state index contributed by atoms with van der Waals surface area (Å²) in [6, 6.07) is 6.41. The zero-order chi connectivity index (χ0) is 11.5. The number of hydrogen-bond acceptors (Lipinski definition) is 4. The molecule has 0 spiro atoms. The number of carbonyl (C=O) groups is 1. The van der Waals surface area contributed by atoms with Crippen LogP contribution in [-0.4, -0.2) is 35.8 Å². The van der Waals surface area contributed by atoms with E-state index in [2.05, 4.69) is 0 Å². The average molecular weight is 222 g/mol. The number of aromatic hydroxyl groups is 1. The number of carbonyl (C=O) groups excluding carboxylic acids is 1. The molecule has 1 heterocycles. The molecule has 1 saturated heterocycles. The summed E-state index contributed by atoms with van der Waals surface area (Å²) < 4.78 is 4.81. The highest BCUT2D eigenvalue weighted by molar-refractivity contribution is 5.69. The number of phenols is 1. The number of benzene rings is 1. The molecule has 0 aliphatic carbocycles. The molecule has 1 unspecified atom stereocenters. The summed E-state index contributed by atoms with van der Waals surface area (Å²) in [6.45, 7) is 1.45. The van der Waals surface area contributed by atoms with E-state index in [-0.39, 0.29) is 17.9 Å². The Hall–Kier alpha value is -1.75. The number of nitrogens with zero attached hydrogens (tertiary/aromatic N) is 1. The zero-order valence-electron chi connectivity index (χ0n) is 8.80. The molecule has 1 aromatic carbocycles. The second kappa shape index (κ2) is 4.40. The topological polar surface area (TPSA) is 75.8 Å². The van der Waals surface area contributed by atoms with E-state index in [1.807, 2.05) is 0 Å². The molecule has 16 heavy (non-hydrogen) atoms. The highest BCUT2D eigenvalue weighted by Gasteiger charge is 2.24. The van der Waals surface area contributed by atoms with E-state index in [0.29, 0.717) is 19.7 Å². The Morgan fingerprint density at radius 1 is 1.44 bits per heavy atom. The highest BCUT2D eigenvalue weighted by atomic mass is 16.6. The Kier molecular flexibility index (Phi) is 2.96. The first-order chi connectivity index (χ1) is 7.66. The molecule has 5 heteroatoms. The molecule has 5 nitrogen and oxygen atoms in total. The summed E-state index contributed by atoms with van der Waals surface area (Å²) in [6.07, 6.45) is -0.311. The van der Waals surface area contributed by atoms with Crippen molar-refractivity contribution in [3.63, 3.8) is 0 Å². The van der Waals surface area contributed by atoms with Crippen LogP contribution in [0.25, 0.3) is 0 Å². The first-order valence-corrected chi connectivity index (χ1v) is 5.13. The number of ether oxygens (including phenoxy) is 1. The molecular weight excluding hydrogens is 208 g/mol. The van der Waals surface area contributed by atoms with E-state index >= 15 is 0 Å². The zero-order valence-corrected chi connectivity index (χ0v) is 8.80. The lowest BCUT2D eigenvalue weighted by Gasteiger charge is -2.18. The van der Waals surface area contributed by atoms with Gasteiger partial charge in [-0.3, -0.25) is 0 Å². The summed E-state index contributed by atoms with van der Waals surface area (Å²) in [5, 5.41) is 9.14. The van der Waals surface area contributed by atoms with Gasteiger partial charge in [0.25, 0.3) is 0 Å². The van der Waals surface area contributed by atoms with Crippen molar-refractivity contribution < 1.29 is 14.6 Å². The van der Waals surface area contributed by atoms with Crippen LogP contribution in [0, 0.1) is 0 Å². The first-order valence-electron chi connectivity index (χ1n) is 5.13. The molecule has 0 saturated carbocycles. The number of hydrogen-bond donors (Lipinski definition) is 2. The molecule has 1 amide bonds. The Labute approximate surface area is 93.4 Å². The molecule has 1 aliphatic rings. The summed E-state index contributed by atoms with van der Waals surface area (Å²) in [5.74, 6) is 0.205. The Morgan fingerprint density at radius 2 is 2.12 bits per heavy atom. The van der Waals surface area contributed by atoms with Gasteiger partial charge in [0.05, 0.1) is 6.54 Å². The molecule has 0 bridgehead atoms. The van der Waals surface area contributed by atoms with Gasteiger partial charge >= 0.3 is 6.09 Å². The molecule has 86 valence electrons. The highest BCUT2D eigenvalue weighted by Crippen LogP contribution is 2.17. The van der Waals surface area contributed by atoms with Crippen LogP contribution in [0.5, 0.6) is 5.75 Å². The van der Waals surface area contributed by atoms with Gasteiger partial charge in [-0.1, -0.05) is 12.1 Å². The van der Waals surface area contributed by atoms with Gasteiger partial charge in [-0.15, -0.1) is 0 Å². The third kappa shape index (κ3) is 2.25. The fourth-order valence-electron chi connectivity index (χ4n) is 1.66. The van der Waals surface area contributed by atoms with Crippen LogP contribution in [0.1, 0.15) is 11.6 Å². The van der Waals surface area contributed by atoms with Gasteiger partial charge < -0.3 is 20.5 Å². The van der Waals surface area contributed by atoms with Crippen molar-refractivity contribution in [1.29, 1.82) is 0 Å². The fraction of sp³-hybridized carbons (Fsp3) is 0.364. The molecule has 0 radical (unpaired) electrons. The van der Waals surface area contributed by atoms with Gasteiger partial charge in [0, 0.05) is 12.6 Å². The minimum absolute atomic E-state index is 0.205. The third-order valence-corrected chi connectivity index (χ3v) is 2.58. The van der Waals surface area contributed by atoms with Crippen molar-refractivity contribution in [2.24, 2.45) is 5.73 Å². The van der Waals surface area contributed by atoms with Crippen molar-refractivity contribution in [3.05, 3.63) is 29.8 Å². The van der Waals surface area contributed by atoms with Crippen molar-refractivity contribution in [1.82, 2.24) is 4.90 Å². The van der Waals surface area contributed by atoms with Crippen molar-refractivity contribution in [2.75, 3.05) is 19.7 Å². The number of amides is 1. The maximum absolute atomic E-state index is 11.2. The van der Waals surface area contributed by atoms with E-state index in [9.17, 15) is 4.79 Å². The van der Waals surface area contributed by atoms with Crippen LogP contribution in [0.15, 0.2) is 24.3 Å². The van der Waals surface area contributed by atoms with E-state index in [0.717, 1.165) is 5.56 Å². The number of nitrogens with two attached hydrogens (primary N) is 1. The summed E-state index contributed by atoms with van der Waals surface area (Å²) in [4.78, 5) is 12.8. The molecule has 1 atom stereocenters. The lowest BCUT2D eigenvalue weighted by Crippen LogP contribution is -2.32. The predicted octanol–water partition coefficient (Wildman–Crippen LogP) is 0.844. The number of cyclic esters (lactones) is 1. The predicted molar refractivity (Wildman–Crippen MR) is 58.0 cm³/mol. The summed E-state index contributed by atoms with van der Waals surface area (Å²) in [7, 11) is 0. The Bertz CT molecular complexity index is 377. The van der Waals surface area contributed by atoms with E-state index in [1.54, 1.807) is 29.2 Å². The lowest BCUT2D eigenvalue weighted by molar-refractivity contribution is 0.157. The second-order valence-electron chi connectivity index (χ2n) is 3.76. The second-order valence-corrected chi connectivity index (χ2v) is 3.76. The first kappa shape index (κ1) is 10.8. The van der Waals surface area contributed by atoms with Crippen molar-refractivity contribution >= 4 is 6.09 Å². The van der Waals surface area contributed by atoms with Crippen molar-refractivity contribution in [2.45, 2.75) is 6.04 Å². The maximum Gasteiger partial charge on any atom is 0.410 e. The maximum atomic E-state index is 11.2. The molecule has 1 fully saturated rings. The smallest absolute Gasteiger partial charge is 0.410 e. The molecule has 0 aromatic heterocycles. The van der Waals surface area contributed by atoms with Gasteiger partial charge in [0.1, 0.15) is 12.4 Å². The molecule has 1 aliphatic heterocycles. The van der Waals surface area contributed by atoms with Crippen LogP contribution >= 0.6 is 0 Å². The van der Waals surface area contributed by atoms with Crippen LogP contribution < -0.4 is 5.73 Å². The molecule has 3 N–H and O–H groups in total. The summed E-state index contributed by atoms with van der Waals surface area (Å²) in [5.41, 5.74) is 6.84.